The van der Waals surface area contributed by atoms with Crippen molar-refractivity contribution in [1.82, 2.24) is 9.80 Å². The molecule has 0 saturated carbocycles. The van der Waals surface area contributed by atoms with E-state index in [1.807, 2.05) is 24.3 Å². The Morgan fingerprint density at radius 3 is 1.45 bits per heavy atom. The van der Waals surface area contributed by atoms with Gasteiger partial charge in [0.25, 0.3) is 0 Å². The van der Waals surface area contributed by atoms with Crippen molar-refractivity contribution in [3.8, 4) is 11.5 Å². The highest BCUT2D eigenvalue weighted by atomic mass is 16.6. The highest BCUT2D eigenvalue weighted by Crippen LogP contribution is 2.31. The number of hydrogen-bond acceptors (Lipinski definition) is 5. The van der Waals surface area contributed by atoms with Gasteiger partial charge in [0.1, 0.15) is 0 Å². The minimum absolute atomic E-state index is 0.0891. The minimum atomic E-state index is -0.0891. The molecule has 1 aliphatic heterocycles. The second kappa shape index (κ2) is 17.2. The zero-order valence-electron chi connectivity index (χ0n) is 21.9. The third-order valence-corrected chi connectivity index (χ3v) is 6.62. The Bertz CT molecular complexity index is 562. The predicted molar refractivity (Wildman–Crippen MR) is 138 cm³/mol. The Hall–Kier alpha value is -1.30. The molecule has 0 bridgehead atoms. The van der Waals surface area contributed by atoms with Gasteiger partial charge in [-0.05, 0) is 38.1 Å². The average molecular weight is 463 g/mol. The SMILES string of the molecule is CCCCCCCN(CC)C1COCC(N(CC)CCCCCCC)Oc2ccccc2O1. The van der Waals surface area contributed by atoms with Crippen molar-refractivity contribution in [2.24, 2.45) is 0 Å². The Labute approximate surface area is 203 Å². The molecule has 190 valence electrons. The van der Waals surface area contributed by atoms with Crippen molar-refractivity contribution < 1.29 is 14.2 Å². The minimum Gasteiger partial charge on any atom is -0.469 e. The van der Waals surface area contributed by atoms with E-state index in [1.165, 1.54) is 64.2 Å². The normalized spacial score (nSPS) is 18.8. The van der Waals surface area contributed by atoms with E-state index in [0.29, 0.717) is 13.2 Å². The van der Waals surface area contributed by atoms with E-state index in [-0.39, 0.29) is 12.5 Å². The van der Waals surface area contributed by atoms with Crippen LogP contribution in [0.4, 0.5) is 0 Å². The van der Waals surface area contributed by atoms with Gasteiger partial charge in [-0.15, -0.1) is 0 Å². The van der Waals surface area contributed by atoms with Crippen LogP contribution in [-0.2, 0) is 4.74 Å². The van der Waals surface area contributed by atoms with Crippen molar-refractivity contribution in [2.75, 3.05) is 39.4 Å². The van der Waals surface area contributed by atoms with Gasteiger partial charge in [-0.1, -0.05) is 91.2 Å². The standard InChI is InChI=1S/C28H50N2O3/c1-5-9-11-13-17-21-29(7-3)27-23-31-24-28(30(8-4)22-18-14-12-10-6-2)33-26-20-16-15-19-25(26)32-27/h15-16,19-20,27-28H,5-14,17-18,21-24H2,1-4H3. The molecule has 2 atom stereocenters. The number of para-hydroxylation sites is 2. The van der Waals surface area contributed by atoms with E-state index in [2.05, 4.69) is 37.5 Å². The third-order valence-electron chi connectivity index (χ3n) is 6.62. The summed E-state index contributed by atoms with van der Waals surface area (Å²) in [6.07, 6.45) is 12.6. The Balaban J connectivity index is 2.02. The van der Waals surface area contributed by atoms with E-state index >= 15 is 0 Å². The highest BCUT2D eigenvalue weighted by molar-refractivity contribution is 5.39. The lowest BCUT2D eigenvalue weighted by Gasteiger charge is -2.31. The molecule has 0 radical (unpaired) electrons. The van der Waals surface area contributed by atoms with E-state index in [4.69, 9.17) is 14.2 Å². The smallest absolute Gasteiger partial charge is 0.176 e. The fourth-order valence-corrected chi connectivity index (χ4v) is 4.48. The van der Waals surface area contributed by atoms with Crippen LogP contribution in [0.3, 0.4) is 0 Å². The summed E-state index contributed by atoms with van der Waals surface area (Å²) in [5, 5.41) is 0. The second-order valence-corrected chi connectivity index (χ2v) is 9.21. The van der Waals surface area contributed by atoms with Crippen molar-refractivity contribution >= 4 is 0 Å². The number of hydrogen-bond donors (Lipinski definition) is 0. The second-order valence-electron chi connectivity index (χ2n) is 9.21. The topological polar surface area (TPSA) is 34.2 Å². The van der Waals surface area contributed by atoms with Crippen molar-refractivity contribution in [2.45, 2.75) is 104 Å². The van der Waals surface area contributed by atoms with Crippen LogP contribution in [0, 0.1) is 0 Å². The van der Waals surface area contributed by atoms with Crippen LogP contribution < -0.4 is 9.47 Å². The molecule has 0 fully saturated rings. The van der Waals surface area contributed by atoms with Crippen molar-refractivity contribution in [3.05, 3.63) is 24.3 Å². The molecule has 33 heavy (non-hydrogen) atoms. The summed E-state index contributed by atoms with van der Waals surface area (Å²) in [6, 6.07) is 8.11. The van der Waals surface area contributed by atoms with Crippen LogP contribution in [0.25, 0.3) is 0 Å². The lowest BCUT2D eigenvalue weighted by molar-refractivity contribution is -0.0723. The third kappa shape index (κ3) is 10.2. The number of nitrogens with zero attached hydrogens (tertiary/aromatic N) is 2. The van der Waals surface area contributed by atoms with Crippen molar-refractivity contribution in [1.29, 1.82) is 0 Å². The molecule has 0 aromatic heterocycles. The quantitative estimate of drug-likeness (QED) is 0.255. The lowest BCUT2D eigenvalue weighted by atomic mass is 10.1. The van der Waals surface area contributed by atoms with E-state index in [1.54, 1.807) is 0 Å². The Morgan fingerprint density at radius 2 is 1.06 bits per heavy atom. The number of benzene rings is 1. The van der Waals surface area contributed by atoms with Gasteiger partial charge in [0.2, 0.25) is 0 Å². The van der Waals surface area contributed by atoms with Gasteiger partial charge in [0.05, 0.1) is 13.2 Å². The van der Waals surface area contributed by atoms with Gasteiger partial charge < -0.3 is 14.2 Å². The van der Waals surface area contributed by atoms with Gasteiger partial charge in [0, 0.05) is 13.1 Å². The number of likely N-dealkylation sites (N-methyl/N-ethyl adjacent to an activating group) is 2. The molecule has 1 aromatic carbocycles. The first-order valence-corrected chi connectivity index (χ1v) is 13.7. The summed E-state index contributed by atoms with van der Waals surface area (Å²) in [5.41, 5.74) is 0. The largest absolute Gasteiger partial charge is 0.469 e. The summed E-state index contributed by atoms with van der Waals surface area (Å²) in [7, 11) is 0. The Kier molecular flexibility index (Phi) is 14.5. The van der Waals surface area contributed by atoms with E-state index in [9.17, 15) is 0 Å². The fraction of sp³-hybridized carbons (Fsp3) is 0.786. The first kappa shape index (κ1) is 27.9. The summed E-state index contributed by atoms with van der Waals surface area (Å²) < 4.78 is 19.2. The van der Waals surface area contributed by atoms with Crippen LogP contribution in [0.1, 0.15) is 91.9 Å². The van der Waals surface area contributed by atoms with Crippen LogP contribution in [0.5, 0.6) is 11.5 Å². The molecule has 5 heteroatoms. The fourth-order valence-electron chi connectivity index (χ4n) is 4.48. The highest BCUT2D eigenvalue weighted by Gasteiger charge is 2.27. The van der Waals surface area contributed by atoms with Gasteiger partial charge in [0.15, 0.2) is 24.0 Å². The van der Waals surface area contributed by atoms with Crippen LogP contribution in [-0.4, -0.2) is 61.6 Å². The molecule has 1 aromatic rings. The molecule has 0 aliphatic carbocycles. The Morgan fingerprint density at radius 1 is 0.636 bits per heavy atom. The molecule has 0 N–H and O–H groups in total. The zero-order valence-corrected chi connectivity index (χ0v) is 21.9. The van der Waals surface area contributed by atoms with Crippen LogP contribution in [0.2, 0.25) is 0 Å². The van der Waals surface area contributed by atoms with Crippen LogP contribution >= 0.6 is 0 Å². The summed E-state index contributed by atoms with van der Waals surface area (Å²) in [4.78, 5) is 4.82. The monoisotopic (exact) mass is 462 g/mol. The molecular weight excluding hydrogens is 412 g/mol. The number of unbranched alkanes of at least 4 members (excludes halogenated alkanes) is 8. The maximum absolute atomic E-state index is 6.49. The van der Waals surface area contributed by atoms with E-state index < -0.39 is 0 Å². The van der Waals surface area contributed by atoms with Gasteiger partial charge >= 0.3 is 0 Å². The van der Waals surface area contributed by atoms with Crippen LogP contribution in [0.15, 0.2) is 24.3 Å². The van der Waals surface area contributed by atoms with Crippen molar-refractivity contribution in [3.63, 3.8) is 0 Å². The first-order valence-electron chi connectivity index (χ1n) is 13.7. The zero-order chi connectivity index (χ0) is 23.7. The van der Waals surface area contributed by atoms with Gasteiger partial charge in [-0.3, -0.25) is 9.80 Å². The maximum Gasteiger partial charge on any atom is 0.176 e. The molecular formula is C28H50N2O3. The number of rotatable bonds is 16. The molecule has 1 heterocycles. The van der Waals surface area contributed by atoms with Gasteiger partial charge in [-0.2, -0.15) is 0 Å². The average Bonchev–Trinajstić information content (AvgIpc) is 2.92. The molecule has 0 amide bonds. The lowest BCUT2D eigenvalue weighted by Crippen LogP contribution is -2.45. The number of fused-ring (bicyclic) bond motifs is 1. The molecule has 0 spiro atoms. The summed E-state index contributed by atoms with van der Waals surface area (Å²) in [5.74, 6) is 1.64. The summed E-state index contributed by atoms with van der Waals surface area (Å²) in [6.45, 7) is 14.1. The predicted octanol–water partition coefficient (Wildman–Crippen LogP) is 6.71. The number of ether oxygens (including phenoxy) is 3. The summed E-state index contributed by atoms with van der Waals surface area (Å²) >= 11 is 0. The molecule has 0 saturated heterocycles. The molecule has 5 nitrogen and oxygen atoms in total. The van der Waals surface area contributed by atoms with Gasteiger partial charge in [-0.25, -0.2) is 0 Å². The molecule has 2 rings (SSSR count). The first-order chi connectivity index (χ1) is 16.2. The maximum atomic E-state index is 6.49. The van der Waals surface area contributed by atoms with E-state index in [0.717, 1.165) is 37.7 Å². The molecule has 1 aliphatic rings. The molecule has 2 unspecified atom stereocenters.